The number of amides is 2. The quantitative estimate of drug-likeness (QED) is 0.296. The van der Waals surface area contributed by atoms with Crippen molar-refractivity contribution in [1.82, 2.24) is 0 Å². The van der Waals surface area contributed by atoms with Crippen molar-refractivity contribution >= 4 is 40.6 Å². The zero-order valence-electron chi connectivity index (χ0n) is 19.1. The Morgan fingerprint density at radius 1 is 0.765 bits per heavy atom. The highest BCUT2D eigenvalue weighted by Crippen LogP contribution is 2.32. The molecule has 1 atom stereocenters. The number of para-hydroxylation sites is 2. The summed E-state index contributed by atoms with van der Waals surface area (Å²) in [5.74, 6) is -0.166. The maximum Gasteiger partial charge on any atom is 0.255 e. The Morgan fingerprint density at radius 2 is 1.35 bits per heavy atom. The number of hydrogen-bond donors (Lipinski definition) is 1. The lowest BCUT2D eigenvalue weighted by atomic mass is 10.1. The molecule has 0 aromatic heterocycles. The van der Waals surface area contributed by atoms with Gasteiger partial charge in [-0.1, -0.05) is 60.7 Å². The van der Waals surface area contributed by atoms with E-state index in [4.69, 9.17) is 0 Å². The molecule has 0 saturated carbocycles. The van der Waals surface area contributed by atoms with Crippen LogP contribution in [0.5, 0.6) is 0 Å². The van der Waals surface area contributed by atoms with Gasteiger partial charge in [0.05, 0.1) is 5.25 Å². The van der Waals surface area contributed by atoms with Crippen molar-refractivity contribution in [3.05, 3.63) is 120 Å². The summed E-state index contributed by atoms with van der Waals surface area (Å²) in [4.78, 5) is 28.9. The first-order valence-electron chi connectivity index (χ1n) is 11.1. The van der Waals surface area contributed by atoms with Gasteiger partial charge in [-0.05, 0) is 67.9 Å². The second-order valence-corrected chi connectivity index (χ2v) is 9.32. The Morgan fingerprint density at radius 3 is 1.97 bits per heavy atom. The monoisotopic (exact) mass is 466 g/mol. The number of carbonyl (C=O) groups excluding carboxylic acids is 2. The largest absolute Gasteiger partial charge is 0.322 e. The molecule has 0 aliphatic rings. The molecule has 0 heterocycles. The molecule has 0 aliphatic carbocycles. The Hall–Kier alpha value is -3.83. The fourth-order valence-corrected chi connectivity index (χ4v) is 4.63. The van der Waals surface area contributed by atoms with Gasteiger partial charge in [-0.25, -0.2) is 0 Å². The molecule has 2 amide bonds. The zero-order chi connectivity index (χ0) is 23.9. The average Bonchev–Trinajstić information content (AvgIpc) is 2.86. The van der Waals surface area contributed by atoms with Crippen LogP contribution in [0.3, 0.4) is 0 Å². The Kier molecular flexibility index (Phi) is 7.45. The summed E-state index contributed by atoms with van der Waals surface area (Å²) in [7, 11) is 0. The van der Waals surface area contributed by atoms with Gasteiger partial charge in [0.25, 0.3) is 5.91 Å². The average molecular weight is 467 g/mol. The van der Waals surface area contributed by atoms with E-state index in [2.05, 4.69) is 5.32 Å². The Labute approximate surface area is 204 Å². The van der Waals surface area contributed by atoms with E-state index in [9.17, 15) is 9.59 Å². The van der Waals surface area contributed by atoms with E-state index in [0.717, 1.165) is 21.8 Å². The first-order valence-corrected chi connectivity index (χ1v) is 12.0. The van der Waals surface area contributed by atoms with E-state index >= 15 is 0 Å². The molecule has 0 radical (unpaired) electrons. The number of thioether (sulfide) groups is 1. The highest BCUT2D eigenvalue weighted by atomic mass is 32.2. The third-order valence-corrected chi connectivity index (χ3v) is 6.47. The maximum atomic E-state index is 13.6. The molecule has 0 bridgehead atoms. The van der Waals surface area contributed by atoms with E-state index in [1.807, 2.05) is 123 Å². The minimum absolute atomic E-state index is 0.0169. The van der Waals surface area contributed by atoms with Gasteiger partial charge in [-0.2, -0.15) is 0 Å². The van der Waals surface area contributed by atoms with Gasteiger partial charge in [-0.3, -0.25) is 14.5 Å². The molecular weight excluding hydrogens is 440 g/mol. The first-order chi connectivity index (χ1) is 16.5. The van der Waals surface area contributed by atoms with Crippen LogP contribution in [-0.4, -0.2) is 17.1 Å². The summed E-state index contributed by atoms with van der Waals surface area (Å²) in [5, 5.41) is 2.62. The molecule has 4 rings (SSSR count). The second-order valence-electron chi connectivity index (χ2n) is 7.90. The van der Waals surface area contributed by atoms with Gasteiger partial charge >= 0.3 is 0 Å². The molecule has 34 heavy (non-hydrogen) atoms. The van der Waals surface area contributed by atoms with Gasteiger partial charge in [-0.15, -0.1) is 11.8 Å². The molecule has 4 aromatic carbocycles. The molecule has 5 heteroatoms. The topological polar surface area (TPSA) is 49.4 Å². The number of carbonyl (C=O) groups is 2. The highest BCUT2D eigenvalue weighted by Gasteiger charge is 2.24. The summed E-state index contributed by atoms with van der Waals surface area (Å²) in [6.45, 7) is 3.82. The minimum atomic E-state index is -0.345. The number of nitrogens with one attached hydrogen (secondary N) is 1. The maximum absolute atomic E-state index is 13.6. The van der Waals surface area contributed by atoms with Crippen molar-refractivity contribution in [2.75, 3.05) is 10.2 Å². The van der Waals surface area contributed by atoms with E-state index in [-0.39, 0.29) is 17.1 Å². The standard InChI is InChI=1S/C29H26N2O2S/c1-21-12-9-10-19-27(21)28(32)30-23-13-11-18-26(20-23)34-22(2)29(33)31(24-14-5-3-6-15-24)25-16-7-4-8-17-25/h3-20,22H,1-2H3,(H,30,32). The minimum Gasteiger partial charge on any atom is -0.322 e. The molecular formula is C29H26N2O2S. The van der Waals surface area contributed by atoms with Crippen LogP contribution in [0.1, 0.15) is 22.8 Å². The van der Waals surface area contributed by atoms with Crippen LogP contribution in [0.25, 0.3) is 0 Å². The molecule has 1 N–H and O–H groups in total. The fraction of sp³-hybridized carbons (Fsp3) is 0.103. The summed E-state index contributed by atoms with van der Waals surface area (Å²) in [6.07, 6.45) is 0. The van der Waals surface area contributed by atoms with Crippen molar-refractivity contribution in [1.29, 1.82) is 0 Å². The number of anilines is 3. The van der Waals surface area contributed by atoms with Crippen molar-refractivity contribution in [3.63, 3.8) is 0 Å². The van der Waals surface area contributed by atoms with Crippen molar-refractivity contribution < 1.29 is 9.59 Å². The number of hydrogen-bond acceptors (Lipinski definition) is 3. The van der Waals surface area contributed by atoms with Crippen LogP contribution >= 0.6 is 11.8 Å². The summed E-state index contributed by atoms with van der Waals surface area (Å²) >= 11 is 1.47. The lowest BCUT2D eigenvalue weighted by molar-refractivity contribution is -0.117. The summed E-state index contributed by atoms with van der Waals surface area (Å²) < 4.78 is 0. The van der Waals surface area contributed by atoms with Crippen molar-refractivity contribution in [2.45, 2.75) is 24.0 Å². The number of rotatable bonds is 7. The van der Waals surface area contributed by atoms with Gasteiger partial charge in [0.15, 0.2) is 0 Å². The number of benzene rings is 4. The highest BCUT2D eigenvalue weighted by molar-refractivity contribution is 8.00. The van der Waals surface area contributed by atoms with Crippen molar-refractivity contribution in [2.24, 2.45) is 0 Å². The lowest BCUT2D eigenvalue weighted by Crippen LogP contribution is -2.32. The number of nitrogens with zero attached hydrogens (tertiary/aromatic N) is 1. The molecule has 4 nitrogen and oxygen atoms in total. The predicted octanol–water partition coefficient (Wildman–Crippen LogP) is 7.09. The predicted molar refractivity (Wildman–Crippen MR) is 141 cm³/mol. The van der Waals surface area contributed by atoms with Gasteiger partial charge in [0.2, 0.25) is 5.91 Å². The fourth-order valence-electron chi connectivity index (χ4n) is 3.67. The molecule has 170 valence electrons. The van der Waals surface area contributed by atoms with Crippen LogP contribution in [0.2, 0.25) is 0 Å². The smallest absolute Gasteiger partial charge is 0.255 e. The van der Waals surface area contributed by atoms with Gasteiger partial charge in [0.1, 0.15) is 0 Å². The van der Waals surface area contributed by atoms with Gasteiger partial charge in [0, 0.05) is 27.5 Å². The molecule has 0 spiro atoms. The molecule has 1 unspecified atom stereocenters. The lowest BCUT2D eigenvalue weighted by Gasteiger charge is -2.26. The SMILES string of the molecule is Cc1ccccc1C(=O)Nc1cccc(SC(C)C(=O)N(c2ccccc2)c2ccccc2)c1. The normalized spacial score (nSPS) is 11.5. The molecule has 0 saturated heterocycles. The van der Waals surface area contributed by atoms with E-state index in [0.29, 0.717) is 11.3 Å². The summed E-state index contributed by atoms with van der Waals surface area (Å²) in [5.41, 5.74) is 3.91. The second kappa shape index (κ2) is 10.9. The summed E-state index contributed by atoms with van der Waals surface area (Å²) in [6, 6.07) is 34.4. The third-order valence-electron chi connectivity index (χ3n) is 5.39. The van der Waals surface area contributed by atoms with Gasteiger partial charge < -0.3 is 5.32 Å². The van der Waals surface area contributed by atoms with Crippen LogP contribution < -0.4 is 10.2 Å². The van der Waals surface area contributed by atoms with Crippen LogP contribution in [0.15, 0.2) is 114 Å². The van der Waals surface area contributed by atoms with E-state index < -0.39 is 0 Å². The molecule has 0 fully saturated rings. The Balaban J connectivity index is 1.51. The third kappa shape index (κ3) is 5.56. The molecule has 4 aromatic rings. The number of aryl methyl sites for hydroxylation is 1. The van der Waals surface area contributed by atoms with Crippen LogP contribution in [0, 0.1) is 6.92 Å². The van der Waals surface area contributed by atoms with E-state index in [1.165, 1.54) is 11.8 Å². The van der Waals surface area contributed by atoms with E-state index in [1.54, 1.807) is 4.90 Å². The molecule has 0 aliphatic heterocycles. The zero-order valence-corrected chi connectivity index (χ0v) is 20.0. The van der Waals surface area contributed by atoms with Crippen LogP contribution in [0.4, 0.5) is 17.1 Å². The Bertz CT molecular complexity index is 1240. The first kappa shape index (κ1) is 23.3. The van der Waals surface area contributed by atoms with Crippen molar-refractivity contribution in [3.8, 4) is 0 Å². The van der Waals surface area contributed by atoms with Crippen LogP contribution in [-0.2, 0) is 4.79 Å².